The van der Waals surface area contributed by atoms with Crippen LogP contribution in [-0.4, -0.2) is 25.2 Å². The van der Waals surface area contributed by atoms with Crippen LogP contribution in [0.3, 0.4) is 0 Å². The third-order valence-electron chi connectivity index (χ3n) is 5.29. The van der Waals surface area contributed by atoms with Gasteiger partial charge in [-0.2, -0.15) is 4.98 Å². The summed E-state index contributed by atoms with van der Waals surface area (Å²) in [5.74, 6) is 0.981. The zero-order chi connectivity index (χ0) is 19.5. The predicted octanol–water partition coefficient (Wildman–Crippen LogP) is 2.67. The van der Waals surface area contributed by atoms with E-state index in [0.717, 1.165) is 17.8 Å². The second kappa shape index (κ2) is 6.27. The summed E-state index contributed by atoms with van der Waals surface area (Å²) < 4.78 is 4.66. The lowest BCUT2D eigenvalue weighted by molar-refractivity contribution is 0.457. The number of halogens is 1. The van der Waals surface area contributed by atoms with E-state index in [1.54, 1.807) is 14.0 Å². The van der Waals surface area contributed by atoms with Crippen molar-refractivity contribution in [1.82, 2.24) is 18.7 Å². The maximum absolute atomic E-state index is 13.0. The van der Waals surface area contributed by atoms with Crippen LogP contribution in [0.25, 0.3) is 11.2 Å². The van der Waals surface area contributed by atoms with E-state index in [-0.39, 0.29) is 11.2 Å². The predicted molar refractivity (Wildman–Crippen MR) is 107 cm³/mol. The summed E-state index contributed by atoms with van der Waals surface area (Å²) >= 11 is 6.33. The van der Waals surface area contributed by atoms with Crippen molar-refractivity contribution in [3.05, 3.63) is 49.6 Å². The molecule has 0 N–H and O–H groups in total. The first-order valence-corrected chi connectivity index (χ1v) is 9.45. The van der Waals surface area contributed by atoms with Crippen LogP contribution in [0.1, 0.15) is 19.4 Å². The lowest BCUT2D eigenvalue weighted by Crippen LogP contribution is -2.40. The molecule has 0 saturated carbocycles. The second-order valence-electron chi connectivity index (χ2n) is 7.19. The van der Waals surface area contributed by atoms with Crippen molar-refractivity contribution in [2.24, 2.45) is 13.0 Å². The first-order chi connectivity index (χ1) is 12.8. The molecule has 142 valence electrons. The highest BCUT2D eigenvalue weighted by Crippen LogP contribution is 2.36. The standard InChI is InChI=1S/C19H22ClN5O2/c1-5-23-17(26)15-16(22(4)19(23)27)21-18-24(9-11(2)10-25(15)18)14-8-6-7-13(20)12(14)3/h6-8,11H,5,9-10H2,1-4H3/t11-/m0/s1. The summed E-state index contributed by atoms with van der Waals surface area (Å²) in [6, 6.07) is 5.78. The molecule has 0 saturated heterocycles. The van der Waals surface area contributed by atoms with Gasteiger partial charge in [-0.1, -0.05) is 24.6 Å². The fraction of sp³-hybridized carbons (Fsp3) is 0.421. The summed E-state index contributed by atoms with van der Waals surface area (Å²) in [6.45, 7) is 7.69. The van der Waals surface area contributed by atoms with Crippen LogP contribution in [0, 0.1) is 12.8 Å². The Kier molecular flexibility index (Phi) is 4.14. The molecule has 4 rings (SSSR count). The van der Waals surface area contributed by atoms with Crippen LogP contribution >= 0.6 is 11.6 Å². The molecule has 0 bridgehead atoms. The molecule has 3 aromatic rings. The first-order valence-electron chi connectivity index (χ1n) is 9.07. The molecule has 0 radical (unpaired) electrons. The second-order valence-corrected chi connectivity index (χ2v) is 7.59. The maximum Gasteiger partial charge on any atom is 0.332 e. The lowest BCUT2D eigenvalue weighted by Gasteiger charge is -2.34. The molecule has 7 nitrogen and oxygen atoms in total. The first kappa shape index (κ1) is 17.9. The van der Waals surface area contributed by atoms with Crippen LogP contribution in [-0.2, 0) is 20.1 Å². The van der Waals surface area contributed by atoms with E-state index < -0.39 is 0 Å². The molecule has 0 spiro atoms. The highest BCUT2D eigenvalue weighted by Gasteiger charge is 2.30. The number of fused-ring (bicyclic) bond motifs is 3. The third-order valence-corrected chi connectivity index (χ3v) is 5.70. The third kappa shape index (κ3) is 2.52. The smallest absolute Gasteiger partial charge is 0.311 e. The molecule has 1 aliphatic heterocycles. The van der Waals surface area contributed by atoms with Gasteiger partial charge in [0.05, 0.1) is 0 Å². The number of anilines is 2. The molecular formula is C19H22ClN5O2. The normalized spacial score (nSPS) is 16.8. The quantitative estimate of drug-likeness (QED) is 0.678. The Bertz CT molecular complexity index is 1170. The Morgan fingerprint density at radius 2 is 2.00 bits per heavy atom. The lowest BCUT2D eigenvalue weighted by atomic mass is 10.1. The molecule has 1 atom stereocenters. The maximum atomic E-state index is 13.0. The van der Waals surface area contributed by atoms with Crippen molar-refractivity contribution in [3.63, 3.8) is 0 Å². The average molecular weight is 388 g/mol. The minimum absolute atomic E-state index is 0.286. The minimum Gasteiger partial charge on any atom is -0.311 e. The van der Waals surface area contributed by atoms with Crippen molar-refractivity contribution in [3.8, 4) is 0 Å². The number of hydrogen-bond donors (Lipinski definition) is 0. The van der Waals surface area contributed by atoms with Gasteiger partial charge in [0.1, 0.15) is 0 Å². The number of hydrogen-bond acceptors (Lipinski definition) is 4. The fourth-order valence-corrected chi connectivity index (χ4v) is 4.04. The van der Waals surface area contributed by atoms with E-state index >= 15 is 0 Å². The van der Waals surface area contributed by atoms with Crippen molar-refractivity contribution >= 4 is 34.4 Å². The van der Waals surface area contributed by atoms with Gasteiger partial charge >= 0.3 is 5.69 Å². The Hall–Kier alpha value is -2.54. The molecule has 27 heavy (non-hydrogen) atoms. The van der Waals surface area contributed by atoms with Gasteiger partial charge in [0.25, 0.3) is 5.56 Å². The Morgan fingerprint density at radius 3 is 2.70 bits per heavy atom. The molecule has 1 aromatic carbocycles. The van der Waals surface area contributed by atoms with Gasteiger partial charge in [-0.15, -0.1) is 0 Å². The van der Waals surface area contributed by atoms with Gasteiger partial charge in [0, 0.05) is 37.4 Å². The van der Waals surface area contributed by atoms with Crippen LogP contribution < -0.4 is 16.1 Å². The van der Waals surface area contributed by atoms with E-state index in [4.69, 9.17) is 16.6 Å². The number of aryl methyl sites for hydroxylation is 1. The van der Waals surface area contributed by atoms with E-state index in [0.29, 0.717) is 41.1 Å². The highest BCUT2D eigenvalue weighted by molar-refractivity contribution is 6.31. The molecule has 2 aromatic heterocycles. The van der Waals surface area contributed by atoms with Crippen molar-refractivity contribution in [2.45, 2.75) is 33.9 Å². The van der Waals surface area contributed by atoms with Crippen LogP contribution in [0.2, 0.25) is 5.02 Å². The summed E-state index contributed by atoms with van der Waals surface area (Å²) in [5.41, 5.74) is 2.20. The molecule has 0 unspecified atom stereocenters. The van der Waals surface area contributed by atoms with Gasteiger partial charge in [-0.05, 0) is 37.5 Å². The summed E-state index contributed by atoms with van der Waals surface area (Å²) in [4.78, 5) is 32.3. The average Bonchev–Trinajstić information content (AvgIpc) is 3.02. The molecule has 0 aliphatic carbocycles. The van der Waals surface area contributed by atoms with Crippen LogP contribution in [0.15, 0.2) is 27.8 Å². The fourth-order valence-electron chi connectivity index (χ4n) is 3.88. The number of aromatic nitrogens is 4. The Balaban J connectivity index is 2.06. The topological polar surface area (TPSA) is 65.1 Å². The van der Waals surface area contributed by atoms with Gasteiger partial charge in [0.2, 0.25) is 5.95 Å². The van der Waals surface area contributed by atoms with Gasteiger partial charge < -0.3 is 9.47 Å². The Labute approximate surface area is 161 Å². The van der Waals surface area contributed by atoms with Crippen LogP contribution in [0.4, 0.5) is 11.6 Å². The van der Waals surface area contributed by atoms with E-state index in [1.807, 2.05) is 29.7 Å². The molecule has 3 heterocycles. The van der Waals surface area contributed by atoms with Crippen molar-refractivity contribution in [1.29, 1.82) is 0 Å². The van der Waals surface area contributed by atoms with E-state index in [9.17, 15) is 9.59 Å². The number of rotatable bonds is 2. The van der Waals surface area contributed by atoms with Gasteiger partial charge in [-0.3, -0.25) is 13.9 Å². The molecule has 0 fully saturated rings. The molecule has 8 heteroatoms. The zero-order valence-electron chi connectivity index (χ0n) is 15.9. The number of nitrogens with zero attached hydrogens (tertiary/aromatic N) is 5. The van der Waals surface area contributed by atoms with Gasteiger partial charge in [-0.25, -0.2) is 4.79 Å². The Morgan fingerprint density at radius 1 is 1.26 bits per heavy atom. The van der Waals surface area contributed by atoms with Crippen molar-refractivity contribution in [2.75, 3.05) is 11.4 Å². The van der Waals surface area contributed by atoms with E-state index in [2.05, 4.69) is 11.8 Å². The molecule has 1 aliphatic rings. The van der Waals surface area contributed by atoms with Crippen molar-refractivity contribution < 1.29 is 0 Å². The van der Waals surface area contributed by atoms with Gasteiger partial charge in [0.15, 0.2) is 11.2 Å². The monoisotopic (exact) mass is 387 g/mol. The molecular weight excluding hydrogens is 366 g/mol. The van der Waals surface area contributed by atoms with E-state index in [1.165, 1.54) is 9.13 Å². The number of benzene rings is 1. The highest BCUT2D eigenvalue weighted by atomic mass is 35.5. The minimum atomic E-state index is -0.344. The molecule has 0 amide bonds. The number of imidazole rings is 1. The summed E-state index contributed by atoms with van der Waals surface area (Å²) in [5, 5.41) is 0.689. The zero-order valence-corrected chi connectivity index (χ0v) is 16.6. The summed E-state index contributed by atoms with van der Waals surface area (Å²) in [6.07, 6.45) is 0. The van der Waals surface area contributed by atoms with Crippen LogP contribution in [0.5, 0.6) is 0 Å². The SMILES string of the molecule is CCn1c(=O)c2c(nc3n2C[C@@H](C)CN3c2cccc(Cl)c2C)n(C)c1=O. The largest absolute Gasteiger partial charge is 0.332 e. The summed E-state index contributed by atoms with van der Waals surface area (Å²) in [7, 11) is 1.66.